The molecule has 1 aromatic carbocycles. The Morgan fingerprint density at radius 1 is 1.25 bits per heavy atom. The predicted molar refractivity (Wildman–Crippen MR) is 79.2 cm³/mol. The molecule has 1 saturated carbocycles. The molecule has 2 rings (SSSR count). The highest BCUT2D eigenvalue weighted by Crippen LogP contribution is 2.25. The molecule has 0 heterocycles. The molecule has 4 nitrogen and oxygen atoms in total. The fourth-order valence-corrected chi connectivity index (χ4v) is 3.04. The quantitative estimate of drug-likeness (QED) is 0.848. The number of carbonyl (C=O) groups is 2. The van der Waals surface area contributed by atoms with E-state index in [0.29, 0.717) is 5.56 Å². The van der Waals surface area contributed by atoms with Crippen LogP contribution in [-0.4, -0.2) is 40.7 Å². The van der Waals surface area contributed by atoms with Gasteiger partial charge in [0.2, 0.25) is 0 Å². The van der Waals surface area contributed by atoms with E-state index in [-0.39, 0.29) is 18.5 Å². The molecule has 5 heteroatoms. The second-order valence-corrected chi connectivity index (χ2v) is 5.87. The molecule has 1 amide bonds. The largest absolute Gasteiger partial charge is 0.480 e. The highest BCUT2D eigenvalue weighted by molar-refractivity contribution is 7.98. The molecule has 0 atom stereocenters. The number of hydrogen-bond acceptors (Lipinski definition) is 3. The number of thioether (sulfide) groups is 1. The van der Waals surface area contributed by atoms with Gasteiger partial charge < -0.3 is 10.0 Å². The molecule has 108 valence electrons. The van der Waals surface area contributed by atoms with Crippen LogP contribution >= 0.6 is 11.8 Å². The third kappa shape index (κ3) is 3.54. The van der Waals surface area contributed by atoms with Crippen molar-refractivity contribution in [3.05, 3.63) is 29.8 Å². The van der Waals surface area contributed by atoms with Gasteiger partial charge in [-0.3, -0.25) is 9.59 Å². The number of aliphatic carboxylic acids is 1. The molecule has 0 bridgehead atoms. The van der Waals surface area contributed by atoms with Crippen LogP contribution in [0.5, 0.6) is 0 Å². The van der Waals surface area contributed by atoms with Gasteiger partial charge in [0.25, 0.3) is 5.91 Å². The number of carbonyl (C=O) groups excluding carboxylic acids is 1. The summed E-state index contributed by atoms with van der Waals surface area (Å²) in [6.07, 6.45) is 5.93. The van der Waals surface area contributed by atoms with E-state index in [4.69, 9.17) is 5.11 Å². The molecular weight excluding hydrogens is 274 g/mol. The van der Waals surface area contributed by atoms with Crippen molar-refractivity contribution in [1.29, 1.82) is 0 Å². The van der Waals surface area contributed by atoms with Gasteiger partial charge in [-0.05, 0) is 43.4 Å². The van der Waals surface area contributed by atoms with Crippen molar-refractivity contribution in [2.45, 2.75) is 36.6 Å². The van der Waals surface area contributed by atoms with Crippen molar-refractivity contribution in [2.24, 2.45) is 0 Å². The lowest BCUT2D eigenvalue weighted by molar-refractivity contribution is -0.138. The first-order chi connectivity index (χ1) is 9.61. The number of carboxylic acids is 1. The van der Waals surface area contributed by atoms with Crippen LogP contribution in [0, 0.1) is 0 Å². The zero-order valence-corrected chi connectivity index (χ0v) is 12.4. The monoisotopic (exact) mass is 293 g/mol. The van der Waals surface area contributed by atoms with Crippen molar-refractivity contribution in [2.75, 3.05) is 12.8 Å². The Morgan fingerprint density at radius 2 is 1.85 bits per heavy atom. The number of rotatable bonds is 5. The Hall–Kier alpha value is -1.49. The van der Waals surface area contributed by atoms with Crippen molar-refractivity contribution in [3.8, 4) is 0 Å². The number of carboxylic acid groups (broad SMARTS) is 1. The van der Waals surface area contributed by atoms with E-state index >= 15 is 0 Å². The fraction of sp³-hybridized carbons (Fsp3) is 0.467. The summed E-state index contributed by atoms with van der Waals surface area (Å²) in [6.45, 7) is -0.215. The van der Waals surface area contributed by atoms with Gasteiger partial charge in [-0.15, -0.1) is 11.8 Å². The summed E-state index contributed by atoms with van der Waals surface area (Å²) in [7, 11) is 0. The first kappa shape index (κ1) is 14.9. The Kier molecular flexibility index (Phi) is 5.06. The predicted octanol–water partition coefficient (Wildman–Crippen LogP) is 2.88. The minimum atomic E-state index is -0.953. The minimum Gasteiger partial charge on any atom is -0.480 e. The second-order valence-electron chi connectivity index (χ2n) is 4.99. The van der Waals surface area contributed by atoms with E-state index in [1.54, 1.807) is 23.9 Å². The fourth-order valence-electron chi connectivity index (χ4n) is 2.63. The number of nitrogens with zero attached hydrogens (tertiary/aromatic N) is 1. The maximum Gasteiger partial charge on any atom is 0.323 e. The Balaban J connectivity index is 2.17. The van der Waals surface area contributed by atoms with Crippen LogP contribution in [0.4, 0.5) is 0 Å². The Bertz CT molecular complexity index is 480. The highest BCUT2D eigenvalue weighted by atomic mass is 32.2. The van der Waals surface area contributed by atoms with E-state index in [0.717, 1.165) is 30.6 Å². The van der Waals surface area contributed by atoms with Crippen LogP contribution < -0.4 is 0 Å². The van der Waals surface area contributed by atoms with Crippen LogP contribution in [-0.2, 0) is 4.79 Å². The summed E-state index contributed by atoms with van der Waals surface area (Å²) < 4.78 is 0. The molecule has 1 aromatic rings. The lowest BCUT2D eigenvalue weighted by Crippen LogP contribution is -2.42. The molecule has 0 aromatic heterocycles. The molecule has 1 aliphatic carbocycles. The van der Waals surface area contributed by atoms with E-state index in [2.05, 4.69) is 0 Å². The maximum atomic E-state index is 12.5. The smallest absolute Gasteiger partial charge is 0.323 e. The molecule has 0 unspecified atom stereocenters. The van der Waals surface area contributed by atoms with Gasteiger partial charge in [-0.2, -0.15) is 0 Å². The zero-order valence-electron chi connectivity index (χ0n) is 11.5. The topological polar surface area (TPSA) is 57.6 Å². The van der Waals surface area contributed by atoms with Gasteiger partial charge in [-0.25, -0.2) is 0 Å². The Labute approximate surface area is 123 Å². The van der Waals surface area contributed by atoms with Crippen LogP contribution in [0.25, 0.3) is 0 Å². The van der Waals surface area contributed by atoms with Gasteiger partial charge in [0, 0.05) is 16.5 Å². The van der Waals surface area contributed by atoms with E-state index < -0.39 is 5.97 Å². The van der Waals surface area contributed by atoms with Crippen molar-refractivity contribution < 1.29 is 14.7 Å². The number of benzene rings is 1. The third-order valence-electron chi connectivity index (χ3n) is 3.67. The van der Waals surface area contributed by atoms with Crippen LogP contribution in [0.3, 0.4) is 0 Å². The lowest BCUT2D eigenvalue weighted by Gasteiger charge is -2.27. The van der Waals surface area contributed by atoms with E-state index in [9.17, 15) is 9.59 Å². The maximum absolute atomic E-state index is 12.5. The normalized spacial score (nSPS) is 15.2. The first-order valence-corrected chi connectivity index (χ1v) is 8.01. The SMILES string of the molecule is CSc1ccc(C(=O)N(CC(=O)O)C2CCCC2)cc1. The summed E-state index contributed by atoms with van der Waals surface area (Å²) in [4.78, 5) is 26.1. The zero-order chi connectivity index (χ0) is 14.5. The van der Waals surface area contributed by atoms with Crippen LogP contribution in [0.15, 0.2) is 29.2 Å². The molecule has 0 saturated heterocycles. The first-order valence-electron chi connectivity index (χ1n) is 6.78. The summed E-state index contributed by atoms with van der Waals surface area (Å²) in [5, 5.41) is 9.02. The standard InChI is InChI=1S/C15H19NO3S/c1-20-13-8-6-11(7-9-13)15(19)16(10-14(17)18)12-4-2-3-5-12/h6-9,12H,2-5,10H2,1H3,(H,17,18). The van der Waals surface area contributed by atoms with Gasteiger partial charge >= 0.3 is 5.97 Å². The van der Waals surface area contributed by atoms with Crippen molar-refractivity contribution in [3.63, 3.8) is 0 Å². The molecule has 1 fully saturated rings. The number of amides is 1. The highest BCUT2D eigenvalue weighted by Gasteiger charge is 2.28. The minimum absolute atomic E-state index is 0.0684. The summed E-state index contributed by atoms with van der Waals surface area (Å²) in [5.74, 6) is -1.13. The average molecular weight is 293 g/mol. The molecule has 0 radical (unpaired) electrons. The number of hydrogen-bond donors (Lipinski definition) is 1. The molecular formula is C15H19NO3S. The van der Waals surface area contributed by atoms with Gasteiger partial charge in [0.15, 0.2) is 0 Å². The van der Waals surface area contributed by atoms with Crippen LogP contribution in [0.1, 0.15) is 36.0 Å². The van der Waals surface area contributed by atoms with E-state index in [1.807, 2.05) is 18.4 Å². The molecule has 1 aliphatic rings. The van der Waals surface area contributed by atoms with Crippen molar-refractivity contribution >= 4 is 23.6 Å². The molecule has 0 aliphatic heterocycles. The van der Waals surface area contributed by atoms with Crippen molar-refractivity contribution in [1.82, 2.24) is 4.90 Å². The molecule has 1 N–H and O–H groups in total. The van der Waals surface area contributed by atoms with Crippen LogP contribution in [0.2, 0.25) is 0 Å². The van der Waals surface area contributed by atoms with E-state index in [1.165, 1.54) is 4.90 Å². The molecule has 0 spiro atoms. The van der Waals surface area contributed by atoms with Gasteiger partial charge in [0.05, 0.1) is 0 Å². The molecule has 20 heavy (non-hydrogen) atoms. The summed E-state index contributed by atoms with van der Waals surface area (Å²) >= 11 is 1.61. The van der Waals surface area contributed by atoms with Gasteiger partial charge in [0.1, 0.15) is 6.54 Å². The third-order valence-corrected chi connectivity index (χ3v) is 4.41. The summed E-state index contributed by atoms with van der Waals surface area (Å²) in [5.41, 5.74) is 0.566. The average Bonchev–Trinajstić information content (AvgIpc) is 2.98. The summed E-state index contributed by atoms with van der Waals surface area (Å²) in [6, 6.07) is 7.41. The van der Waals surface area contributed by atoms with Gasteiger partial charge in [-0.1, -0.05) is 12.8 Å². The second kappa shape index (κ2) is 6.79. The lowest BCUT2D eigenvalue weighted by atomic mass is 10.1. The Morgan fingerprint density at radius 3 is 2.35 bits per heavy atom.